The third-order valence-electron chi connectivity index (χ3n) is 5.65. The molecule has 98 valence electrons. The molecule has 3 rings (SSSR count). The van der Waals surface area contributed by atoms with Crippen molar-refractivity contribution >= 4 is 0 Å². The predicted octanol–water partition coefficient (Wildman–Crippen LogP) is 2.21. The summed E-state index contributed by atoms with van der Waals surface area (Å²) >= 11 is 0. The van der Waals surface area contributed by atoms with Crippen molar-refractivity contribution in [3.05, 3.63) is 0 Å². The van der Waals surface area contributed by atoms with E-state index in [9.17, 15) is 0 Å². The number of nitrogens with one attached hydrogen (secondary N) is 1. The number of nitrogens with zero attached hydrogens (tertiary/aromatic N) is 1. The van der Waals surface area contributed by atoms with Crippen LogP contribution in [0.2, 0.25) is 0 Å². The summed E-state index contributed by atoms with van der Waals surface area (Å²) in [5.41, 5.74) is 0. The Morgan fingerprint density at radius 2 is 1.88 bits per heavy atom. The molecule has 5 unspecified atom stereocenters. The molecule has 0 radical (unpaired) electrons. The Balaban J connectivity index is 1.45. The average molecular weight is 236 g/mol. The Labute approximate surface area is 106 Å². The summed E-state index contributed by atoms with van der Waals surface area (Å²) in [5.74, 6) is 4.98. The van der Waals surface area contributed by atoms with E-state index in [2.05, 4.69) is 24.2 Å². The van der Waals surface area contributed by atoms with Gasteiger partial charge in [0.15, 0.2) is 0 Å². The fraction of sp³-hybridized carbons (Fsp3) is 1.00. The molecule has 3 aliphatic rings. The van der Waals surface area contributed by atoms with Crippen molar-refractivity contribution in [2.24, 2.45) is 29.6 Å². The molecule has 1 saturated heterocycles. The second kappa shape index (κ2) is 4.89. The Morgan fingerprint density at radius 3 is 2.47 bits per heavy atom. The monoisotopic (exact) mass is 236 g/mol. The third kappa shape index (κ3) is 2.53. The lowest BCUT2D eigenvalue weighted by atomic mass is 9.88. The highest BCUT2D eigenvalue weighted by atomic mass is 15.1. The Morgan fingerprint density at radius 1 is 1.06 bits per heavy atom. The van der Waals surface area contributed by atoms with Crippen LogP contribution in [0.5, 0.6) is 0 Å². The van der Waals surface area contributed by atoms with Gasteiger partial charge in [0.1, 0.15) is 0 Å². The summed E-state index contributed by atoms with van der Waals surface area (Å²) in [6, 6.07) is 0. The van der Waals surface area contributed by atoms with E-state index >= 15 is 0 Å². The van der Waals surface area contributed by atoms with Crippen molar-refractivity contribution in [3.8, 4) is 0 Å². The summed E-state index contributed by atoms with van der Waals surface area (Å²) in [7, 11) is 2.34. The third-order valence-corrected chi connectivity index (χ3v) is 5.65. The van der Waals surface area contributed by atoms with E-state index in [0.29, 0.717) is 0 Å². The molecular formula is C15H28N2. The van der Waals surface area contributed by atoms with E-state index in [1.54, 1.807) is 6.42 Å². The van der Waals surface area contributed by atoms with Crippen LogP contribution in [0.4, 0.5) is 0 Å². The van der Waals surface area contributed by atoms with Gasteiger partial charge >= 0.3 is 0 Å². The number of hydrogen-bond acceptors (Lipinski definition) is 2. The van der Waals surface area contributed by atoms with Gasteiger partial charge in [-0.15, -0.1) is 0 Å². The minimum Gasteiger partial charge on any atom is -0.316 e. The Hall–Kier alpha value is -0.0800. The summed E-state index contributed by atoms with van der Waals surface area (Å²) in [5, 5.41) is 3.52. The lowest BCUT2D eigenvalue weighted by Gasteiger charge is -2.29. The molecular weight excluding hydrogens is 208 g/mol. The fourth-order valence-electron chi connectivity index (χ4n) is 4.58. The molecule has 0 aromatic carbocycles. The topological polar surface area (TPSA) is 15.3 Å². The molecule has 3 fully saturated rings. The molecule has 2 bridgehead atoms. The zero-order valence-electron chi connectivity index (χ0n) is 11.5. The van der Waals surface area contributed by atoms with Crippen LogP contribution in [-0.2, 0) is 0 Å². The summed E-state index contributed by atoms with van der Waals surface area (Å²) in [4.78, 5) is 2.62. The maximum absolute atomic E-state index is 3.52. The van der Waals surface area contributed by atoms with Gasteiger partial charge in [-0.25, -0.2) is 0 Å². The highest BCUT2D eigenvalue weighted by molar-refractivity contribution is 4.91. The van der Waals surface area contributed by atoms with Crippen LogP contribution >= 0.6 is 0 Å². The molecule has 0 aromatic heterocycles. The molecule has 0 aromatic rings. The number of rotatable bonds is 4. The fourth-order valence-corrected chi connectivity index (χ4v) is 4.58. The maximum atomic E-state index is 3.52. The SMILES string of the molecule is CC1CNCC1CN(C)CC1CC2CCC1C2. The van der Waals surface area contributed by atoms with Crippen LogP contribution in [0.15, 0.2) is 0 Å². The second-order valence-corrected chi connectivity index (χ2v) is 7.05. The average Bonchev–Trinajstić information content (AvgIpc) is 2.96. The van der Waals surface area contributed by atoms with E-state index in [4.69, 9.17) is 0 Å². The molecule has 5 atom stereocenters. The molecule has 2 saturated carbocycles. The van der Waals surface area contributed by atoms with Crippen molar-refractivity contribution in [3.63, 3.8) is 0 Å². The van der Waals surface area contributed by atoms with Crippen molar-refractivity contribution in [2.75, 3.05) is 33.2 Å². The molecule has 2 aliphatic carbocycles. The standard InChI is InChI=1S/C15H28N2/c1-11-7-16-8-15(11)10-17(2)9-14-6-12-3-4-13(14)5-12/h11-16H,3-10H2,1-2H3. The normalized spacial score (nSPS) is 45.0. The van der Waals surface area contributed by atoms with Gasteiger partial charge in [0.25, 0.3) is 0 Å². The van der Waals surface area contributed by atoms with Crippen LogP contribution in [0.1, 0.15) is 32.6 Å². The first kappa shape index (κ1) is 12.0. The van der Waals surface area contributed by atoms with Crippen LogP contribution < -0.4 is 5.32 Å². The van der Waals surface area contributed by atoms with Gasteiger partial charge in [0.2, 0.25) is 0 Å². The van der Waals surface area contributed by atoms with Crippen LogP contribution in [0.25, 0.3) is 0 Å². The zero-order chi connectivity index (χ0) is 11.8. The highest BCUT2D eigenvalue weighted by Gasteiger charge is 2.39. The van der Waals surface area contributed by atoms with Gasteiger partial charge in [-0.05, 0) is 69.0 Å². The quantitative estimate of drug-likeness (QED) is 0.805. The van der Waals surface area contributed by atoms with Gasteiger partial charge in [-0.1, -0.05) is 13.3 Å². The van der Waals surface area contributed by atoms with Crippen molar-refractivity contribution in [1.29, 1.82) is 0 Å². The van der Waals surface area contributed by atoms with E-state index in [1.165, 1.54) is 45.4 Å². The molecule has 1 N–H and O–H groups in total. The highest BCUT2D eigenvalue weighted by Crippen LogP contribution is 2.48. The minimum absolute atomic E-state index is 0.873. The maximum Gasteiger partial charge on any atom is 0.00219 e. The van der Waals surface area contributed by atoms with Gasteiger partial charge in [-0.2, -0.15) is 0 Å². The molecule has 0 amide bonds. The lowest BCUT2D eigenvalue weighted by molar-refractivity contribution is 0.190. The van der Waals surface area contributed by atoms with E-state index in [0.717, 1.165) is 29.6 Å². The summed E-state index contributed by atoms with van der Waals surface area (Å²) < 4.78 is 0. The summed E-state index contributed by atoms with van der Waals surface area (Å²) in [6.45, 7) is 7.54. The Kier molecular flexibility index (Phi) is 3.45. The first-order valence-corrected chi connectivity index (χ1v) is 7.61. The summed E-state index contributed by atoms with van der Waals surface area (Å²) in [6.07, 6.45) is 6.16. The minimum atomic E-state index is 0.873. The molecule has 1 heterocycles. The predicted molar refractivity (Wildman–Crippen MR) is 72.0 cm³/mol. The van der Waals surface area contributed by atoms with Gasteiger partial charge in [0.05, 0.1) is 0 Å². The van der Waals surface area contributed by atoms with E-state index < -0.39 is 0 Å². The molecule has 2 nitrogen and oxygen atoms in total. The lowest BCUT2D eigenvalue weighted by Crippen LogP contribution is -2.34. The number of hydrogen-bond donors (Lipinski definition) is 1. The second-order valence-electron chi connectivity index (χ2n) is 7.05. The van der Waals surface area contributed by atoms with Crippen molar-refractivity contribution < 1.29 is 0 Å². The van der Waals surface area contributed by atoms with Crippen molar-refractivity contribution in [2.45, 2.75) is 32.6 Å². The first-order valence-electron chi connectivity index (χ1n) is 7.61. The van der Waals surface area contributed by atoms with Crippen LogP contribution in [-0.4, -0.2) is 38.1 Å². The van der Waals surface area contributed by atoms with Gasteiger partial charge < -0.3 is 10.2 Å². The van der Waals surface area contributed by atoms with Crippen LogP contribution in [0, 0.1) is 29.6 Å². The molecule has 17 heavy (non-hydrogen) atoms. The molecule has 2 heteroatoms. The largest absolute Gasteiger partial charge is 0.316 e. The van der Waals surface area contributed by atoms with Gasteiger partial charge in [0, 0.05) is 13.1 Å². The smallest absolute Gasteiger partial charge is 0.00219 e. The van der Waals surface area contributed by atoms with E-state index in [1.807, 2.05) is 0 Å². The molecule has 0 spiro atoms. The Bertz CT molecular complexity index is 266. The van der Waals surface area contributed by atoms with E-state index in [-0.39, 0.29) is 0 Å². The molecule has 1 aliphatic heterocycles. The van der Waals surface area contributed by atoms with Crippen LogP contribution in [0.3, 0.4) is 0 Å². The van der Waals surface area contributed by atoms with Crippen molar-refractivity contribution in [1.82, 2.24) is 10.2 Å². The first-order chi connectivity index (χ1) is 8.22. The number of fused-ring (bicyclic) bond motifs is 2. The zero-order valence-corrected chi connectivity index (χ0v) is 11.5. The van der Waals surface area contributed by atoms with Gasteiger partial charge in [-0.3, -0.25) is 0 Å².